The SMILES string of the molecule is N#Cc1cnn2cc(-c3cnn([C@H]4CC[C@@H](N5CCN(c6c(F)cc(NC7CCC(=O)NC7=O)cc6F)CC5)CC4)c3)nc(-c3ccc(F)nc3)c12. The molecule has 1 unspecified atom stereocenters. The minimum Gasteiger partial charge on any atom is -0.373 e. The van der Waals surface area contributed by atoms with E-state index in [4.69, 9.17) is 4.98 Å². The number of nitriles is 1. The summed E-state index contributed by atoms with van der Waals surface area (Å²) in [5.41, 5.74) is 3.36. The number of carbonyl (C=O) groups excluding carboxylic acids is 2. The summed E-state index contributed by atoms with van der Waals surface area (Å²) in [4.78, 5) is 36.3. The number of nitrogens with one attached hydrogen (secondary N) is 2. The van der Waals surface area contributed by atoms with Crippen molar-refractivity contribution in [3.8, 4) is 28.6 Å². The molecule has 0 bridgehead atoms. The van der Waals surface area contributed by atoms with Crippen molar-refractivity contribution in [1.29, 1.82) is 5.26 Å². The zero-order valence-electron chi connectivity index (χ0n) is 28.0. The van der Waals surface area contributed by atoms with Crippen LogP contribution in [-0.4, -0.2) is 84.3 Å². The molecule has 16 heteroatoms. The molecular formula is C36H34F3N11O2. The third-order valence-corrected chi connectivity index (χ3v) is 10.3. The smallest absolute Gasteiger partial charge is 0.249 e. The summed E-state index contributed by atoms with van der Waals surface area (Å²) in [6.45, 7) is 2.32. The molecule has 5 aromatic rings. The Kier molecular flexibility index (Phi) is 8.79. The molecule has 2 saturated heterocycles. The Labute approximate surface area is 296 Å². The van der Waals surface area contributed by atoms with E-state index in [9.17, 15) is 19.2 Å². The maximum absolute atomic E-state index is 15.2. The molecule has 2 aliphatic heterocycles. The Balaban J connectivity index is 0.889. The van der Waals surface area contributed by atoms with Gasteiger partial charge in [0.25, 0.3) is 0 Å². The van der Waals surface area contributed by atoms with Crippen molar-refractivity contribution in [3.63, 3.8) is 0 Å². The molecule has 0 radical (unpaired) electrons. The van der Waals surface area contributed by atoms with E-state index in [-0.39, 0.29) is 36.2 Å². The maximum Gasteiger partial charge on any atom is 0.249 e. The molecular weight excluding hydrogens is 675 g/mol. The number of nitrogens with zero attached hydrogens (tertiary/aromatic N) is 9. The van der Waals surface area contributed by atoms with Crippen molar-refractivity contribution < 1.29 is 22.8 Å². The zero-order valence-corrected chi connectivity index (χ0v) is 28.0. The van der Waals surface area contributed by atoms with Crippen molar-refractivity contribution in [3.05, 3.63) is 78.4 Å². The molecule has 266 valence electrons. The number of benzene rings is 1. The standard InChI is InChI=1S/C36H34F3N11O2/c37-27-13-24(44-29-6-8-32(51)46-36(29)52)14-28(38)35(27)48-11-9-47(10-12-48)25-2-4-26(5-3-25)49-19-23(18-42-49)30-20-50-34(22(15-40)17-43-50)33(45-30)21-1-7-31(39)41-16-21/h1,7,13-14,16-20,25-26,29,44H,2-6,8-12H2,(H,46,51,52)/t25-,26+,29?. The molecule has 1 saturated carbocycles. The van der Waals surface area contributed by atoms with Gasteiger partial charge in [-0.1, -0.05) is 0 Å². The Morgan fingerprint density at radius 1 is 0.865 bits per heavy atom. The van der Waals surface area contributed by atoms with Gasteiger partial charge in [0.1, 0.15) is 28.9 Å². The number of piperidine rings is 1. The molecule has 4 aromatic heterocycles. The van der Waals surface area contributed by atoms with Gasteiger partial charge in [-0.05, 0) is 56.4 Å². The van der Waals surface area contributed by atoms with E-state index in [0.717, 1.165) is 31.2 Å². The topological polar surface area (TPSA) is 149 Å². The van der Waals surface area contributed by atoms with Crippen molar-refractivity contribution in [2.75, 3.05) is 36.4 Å². The van der Waals surface area contributed by atoms with Crippen molar-refractivity contribution >= 4 is 28.7 Å². The number of carbonyl (C=O) groups is 2. The van der Waals surface area contributed by atoms with E-state index < -0.39 is 29.5 Å². The van der Waals surface area contributed by atoms with E-state index in [1.807, 2.05) is 10.9 Å². The van der Waals surface area contributed by atoms with Crippen molar-refractivity contribution in [2.45, 2.75) is 56.7 Å². The molecule has 2 N–H and O–H groups in total. The van der Waals surface area contributed by atoms with Crippen molar-refractivity contribution in [2.24, 2.45) is 0 Å². The van der Waals surface area contributed by atoms with Crippen LogP contribution < -0.4 is 15.5 Å². The first-order valence-electron chi connectivity index (χ1n) is 17.3. The minimum atomic E-state index is -0.731. The first-order valence-corrected chi connectivity index (χ1v) is 17.3. The van der Waals surface area contributed by atoms with Gasteiger partial charge in [-0.3, -0.25) is 24.5 Å². The molecule has 2 amide bonds. The fraction of sp³-hybridized carbons (Fsp3) is 0.361. The lowest BCUT2D eigenvalue weighted by Gasteiger charge is -2.42. The van der Waals surface area contributed by atoms with E-state index in [0.29, 0.717) is 60.3 Å². The first kappa shape index (κ1) is 33.3. The van der Waals surface area contributed by atoms with Gasteiger partial charge in [0.15, 0.2) is 11.6 Å². The third kappa shape index (κ3) is 6.43. The maximum atomic E-state index is 15.2. The van der Waals surface area contributed by atoms with Gasteiger partial charge in [-0.15, -0.1) is 0 Å². The summed E-state index contributed by atoms with van der Waals surface area (Å²) in [6, 6.07) is 7.20. The third-order valence-electron chi connectivity index (χ3n) is 10.3. The predicted octanol–water partition coefficient (Wildman–Crippen LogP) is 4.47. The van der Waals surface area contributed by atoms with E-state index in [1.165, 1.54) is 30.6 Å². The highest BCUT2D eigenvalue weighted by molar-refractivity contribution is 6.01. The normalized spacial score (nSPS) is 21.3. The lowest BCUT2D eigenvalue weighted by Crippen LogP contribution is -2.51. The van der Waals surface area contributed by atoms with E-state index >= 15 is 8.78 Å². The van der Waals surface area contributed by atoms with Gasteiger partial charge < -0.3 is 10.2 Å². The number of pyridine rings is 1. The number of anilines is 2. The number of amides is 2. The monoisotopic (exact) mass is 709 g/mol. The van der Waals surface area contributed by atoms with Crippen LogP contribution in [0.5, 0.6) is 0 Å². The number of hydrogen-bond donors (Lipinski definition) is 2. The summed E-state index contributed by atoms with van der Waals surface area (Å²) in [6.07, 6.45) is 12.5. The summed E-state index contributed by atoms with van der Waals surface area (Å²) in [5.74, 6) is -2.87. The molecule has 52 heavy (non-hydrogen) atoms. The van der Waals surface area contributed by atoms with Crippen LogP contribution in [0, 0.1) is 28.9 Å². The highest BCUT2D eigenvalue weighted by Gasteiger charge is 2.32. The van der Waals surface area contributed by atoms with Crippen molar-refractivity contribution in [1.82, 2.24) is 39.6 Å². The van der Waals surface area contributed by atoms with Crippen LogP contribution in [0.25, 0.3) is 28.0 Å². The number of halogens is 3. The lowest BCUT2D eigenvalue weighted by molar-refractivity contribution is -0.133. The molecule has 1 aliphatic carbocycles. The number of fused-ring (bicyclic) bond motifs is 1. The number of piperazine rings is 1. The Bertz CT molecular complexity index is 2170. The van der Waals surface area contributed by atoms with E-state index in [1.54, 1.807) is 27.9 Å². The lowest BCUT2D eigenvalue weighted by atomic mass is 9.90. The van der Waals surface area contributed by atoms with Gasteiger partial charge in [0, 0.05) is 67.8 Å². The van der Waals surface area contributed by atoms with E-state index in [2.05, 4.69) is 36.8 Å². The Morgan fingerprint density at radius 2 is 1.62 bits per heavy atom. The van der Waals surface area contributed by atoms with Crippen LogP contribution >= 0.6 is 0 Å². The van der Waals surface area contributed by atoms with Crippen LogP contribution in [0.1, 0.15) is 50.1 Å². The fourth-order valence-electron chi connectivity index (χ4n) is 7.60. The van der Waals surface area contributed by atoms with Crippen LogP contribution in [-0.2, 0) is 9.59 Å². The molecule has 13 nitrogen and oxygen atoms in total. The van der Waals surface area contributed by atoms with Gasteiger partial charge in [0.05, 0.1) is 36.0 Å². The average molecular weight is 710 g/mol. The Hall–Kier alpha value is -5.82. The Morgan fingerprint density at radius 3 is 2.31 bits per heavy atom. The average Bonchev–Trinajstić information content (AvgIpc) is 3.81. The number of rotatable bonds is 7. The largest absolute Gasteiger partial charge is 0.373 e. The summed E-state index contributed by atoms with van der Waals surface area (Å²) >= 11 is 0. The minimum absolute atomic E-state index is 0.0696. The highest BCUT2D eigenvalue weighted by Crippen LogP contribution is 2.35. The number of aromatic nitrogens is 6. The summed E-state index contributed by atoms with van der Waals surface area (Å²) < 4.78 is 47.6. The second kappa shape index (κ2) is 13.7. The number of hydrogen-bond acceptors (Lipinski definition) is 10. The quantitative estimate of drug-likeness (QED) is 0.183. The molecule has 3 fully saturated rings. The van der Waals surface area contributed by atoms with Crippen LogP contribution in [0.4, 0.5) is 24.5 Å². The molecule has 1 aromatic carbocycles. The molecule has 6 heterocycles. The second-order valence-corrected chi connectivity index (χ2v) is 13.4. The zero-order chi connectivity index (χ0) is 35.9. The van der Waals surface area contributed by atoms with Gasteiger partial charge in [0.2, 0.25) is 17.8 Å². The van der Waals surface area contributed by atoms with Crippen LogP contribution in [0.3, 0.4) is 0 Å². The van der Waals surface area contributed by atoms with Crippen LogP contribution in [0.15, 0.2) is 55.2 Å². The van der Waals surface area contributed by atoms with Gasteiger partial charge in [-0.2, -0.15) is 19.8 Å². The van der Waals surface area contributed by atoms with Gasteiger partial charge in [-0.25, -0.2) is 23.3 Å². The second-order valence-electron chi connectivity index (χ2n) is 13.4. The summed E-state index contributed by atoms with van der Waals surface area (Å²) in [5, 5.41) is 23.8. The highest BCUT2D eigenvalue weighted by atomic mass is 19.1. The van der Waals surface area contributed by atoms with Gasteiger partial charge >= 0.3 is 0 Å². The predicted molar refractivity (Wildman–Crippen MR) is 183 cm³/mol. The molecule has 8 rings (SSSR count). The summed E-state index contributed by atoms with van der Waals surface area (Å²) in [7, 11) is 0. The molecule has 1 atom stereocenters. The molecule has 3 aliphatic rings. The van der Waals surface area contributed by atoms with Crippen LogP contribution in [0.2, 0.25) is 0 Å². The number of imide groups is 1. The molecule has 0 spiro atoms. The first-order chi connectivity index (χ1) is 25.2. The fourth-order valence-corrected chi connectivity index (χ4v) is 7.60.